The molecule has 132 valence electrons. The van der Waals surface area contributed by atoms with Crippen LogP contribution in [0.1, 0.15) is 28.8 Å². The van der Waals surface area contributed by atoms with E-state index in [1.807, 2.05) is 0 Å². The fourth-order valence-corrected chi connectivity index (χ4v) is 3.51. The van der Waals surface area contributed by atoms with Gasteiger partial charge in [-0.2, -0.15) is 13.2 Å². The van der Waals surface area contributed by atoms with Gasteiger partial charge in [0.05, 0.1) is 30.5 Å². The molecule has 0 radical (unpaired) electrons. The number of ether oxygens (including phenoxy) is 2. The molecule has 2 aliphatic heterocycles. The Hall–Kier alpha value is -2.25. The molecule has 0 aromatic heterocycles. The van der Waals surface area contributed by atoms with Crippen LogP contribution in [0, 0.1) is 0 Å². The van der Waals surface area contributed by atoms with Crippen molar-refractivity contribution >= 4 is 5.69 Å². The van der Waals surface area contributed by atoms with Gasteiger partial charge in [0, 0.05) is 5.56 Å². The Morgan fingerprint density at radius 3 is 2.56 bits per heavy atom. The predicted molar refractivity (Wildman–Crippen MR) is 84.3 cm³/mol. The molecular weight excluding hydrogens is 335 g/mol. The summed E-state index contributed by atoms with van der Waals surface area (Å²) in [6, 6.07) is 9.92. The number of fused-ring (bicyclic) bond motifs is 3. The summed E-state index contributed by atoms with van der Waals surface area (Å²) in [5, 5.41) is 12.7. The summed E-state index contributed by atoms with van der Waals surface area (Å²) in [4.78, 5) is 0. The molecule has 25 heavy (non-hydrogen) atoms. The maximum Gasteiger partial charge on any atom is 0.418 e. The first-order valence-electron chi connectivity index (χ1n) is 7.94. The highest BCUT2D eigenvalue weighted by Crippen LogP contribution is 2.48. The van der Waals surface area contributed by atoms with Crippen molar-refractivity contribution in [1.82, 2.24) is 0 Å². The number of benzene rings is 2. The van der Waals surface area contributed by atoms with E-state index in [1.165, 1.54) is 18.2 Å². The Kier molecular flexibility index (Phi) is 3.85. The minimum atomic E-state index is -4.48. The number of aromatic hydroxyl groups is 1. The number of hydrogen-bond donors (Lipinski definition) is 2. The SMILES string of the molecule is Oc1cccc([C@@H]2Nc3c(cccc3C(F)(F)F)[C@H]3OCCO[C@H]32)c1. The number of hydrogen-bond acceptors (Lipinski definition) is 4. The van der Waals surface area contributed by atoms with Gasteiger partial charge in [0.2, 0.25) is 0 Å². The van der Waals surface area contributed by atoms with Crippen molar-refractivity contribution in [3.05, 3.63) is 59.2 Å². The molecule has 0 amide bonds. The van der Waals surface area contributed by atoms with Gasteiger partial charge in [-0.05, 0) is 23.8 Å². The van der Waals surface area contributed by atoms with Crippen LogP contribution in [0.5, 0.6) is 5.75 Å². The molecule has 2 aromatic carbocycles. The second-order valence-electron chi connectivity index (χ2n) is 6.11. The normalized spacial score (nSPS) is 25.6. The molecule has 4 nitrogen and oxygen atoms in total. The molecule has 0 saturated carbocycles. The lowest BCUT2D eigenvalue weighted by Crippen LogP contribution is -2.43. The first kappa shape index (κ1) is 16.2. The van der Waals surface area contributed by atoms with Crippen molar-refractivity contribution < 1.29 is 27.8 Å². The Morgan fingerprint density at radius 1 is 1.04 bits per heavy atom. The van der Waals surface area contributed by atoms with Crippen LogP contribution < -0.4 is 5.32 Å². The van der Waals surface area contributed by atoms with Crippen LogP contribution in [0.4, 0.5) is 18.9 Å². The molecule has 2 aromatic rings. The zero-order valence-corrected chi connectivity index (χ0v) is 13.1. The van der Waals surface area contributed by atoms with E-state index in [0.29, 0.717) is 24.3 Å². The number of nitrogens with one attached hydrogen (secondary N) is 1. The van der Waals surface area contributed by atoms with Crippen molar-refractivity contribution in [3.63, 3.8) is 0 Å². The number of anilines is 1. The lowest BCUT2D eigenvalue weighted by molar-refractivity contribution is -0.153. The third-order valence-corrected chi connectivity index (χ3v) is 4.56. The van der Waals surface area contributed by atoms with Gasteiger partial charge in [0.1, 0.15) is 18.0 Å². The Morgan fingerprint density at radius 2 is 1.80 bits per heavy atom. The average Bonchev–Trinajstić information content (AvgIpc) is 2.59. The second kappa shape index (κ2) is 5.93. The lowest BCUT2D eigenvalue weighted by atomic mass is 9.86. The summed E-state index contributed by atoms with van der Waals surface area (Å²) in [6.45, 7) is 0.691. The fourth-order valence-electron chi connectivity index (χ4n) is 3.51. The van der Waals surface area contributed by atoms with Crippen LogP contribution in [0.15, 0.2) is 42.5 Å². The number of rotatable bonds is 1. The monoisotopic (exact) mass is 351 g/mol. The van der Waals surface area contributed by atoms with Crippen LogP contribution in [-0.2, 0) is 15.7 Å². The molecule has 2 N–H and O–H groups in total. The van der Waals surface area contributed by atoms with Gasteiger partial charge in [0.15, 0.2) is 0 Å². The van der Waals surface area contributed by atoms with E-state index in [9.17, 15) is 18.3 Å². The van der Waals surface area contributed by atoms with Crippen LogP contribution >= 0.6 is 0 Å². The van der Waals surface area contributed by atoms with Gasteiger partial charge in [-0.3, -0.25) is 0 Å². The molecule has 2 aliphatic rings. The average molecular weight is 351 g/mol. The van der Waals surface area contributed by atoms with Gasteiger partial charge >= 0.3 is 6.18 Å². The van der Waals surface area contributed by atoms with Crippen molar-refractivity contribution in [2.24, 2.45) is 0 Å². The zero-order chi connectivity index (χ0) is 17.6. The molecule has 1 saturated heterocycles. The number of phenolic OH excluding ortho intramolecular Hbond substituents is 1. The Bertz CT molecular complexity index is 793. The molecule has 0 unspecified atom stereocenters. The van der Waals surface area contributed by atoms with Gasteiger partial charge in [-0.15, -0.1) is 0 Å². The predicted octanol–water partition coefficient (Wildman–Crippen LogP) is 4.03. The first-order valence-corrected chi connectivity index (χ1v) is 7.94. The lowest BCUT2D eigenvalue weighted by Gasteiger charge is -2.43. The standard InChI is InChI=1S/C18H16F3NO3/c19-18(20,21)13-6-2-5-12-15(13)22-14(10-3-1-4-11(23)9-10)17-16(12)24-7-8-25-17/h1-6,9,14,16-17,22-23H,7-8H2/t14-,16+,17-/m0/s1. The van der Waals surface area contributed by atoms with Crippen molar-refractivity contribution in [2.75, 3.05) is 18.5 Å². The summed E-state index contributed by atoms with van der Waals surface area (Å²) < 4.78 is 51.9. The van der Waals surface area contributed by atoms with E-state index < -0.39 is 30.0 Å². The maximum absolute atomic E-state index is 13.4. The molecule has 4 rings (SSSR count). The van der Waals surface area contributed by atoms with Gasteiger partial charge in [-0.25, -0.2) is 0 Å². The van der Waals surface area contributed by atoms with Crippen molar-refractivity contribution in [1.29, 1.82) is 0 Å². The first-order chi connectivity index (χ1) is 11.9. The smallest absolute Gasteiger partial charge is 0.418 e. The number of para-hydroxylation sites is 1. The third kappa shape index (κ3) is 2.83. The highest BCUT2D eigenvalue weighted by atomic mass is 19.4. The summed E-state index contributed by atoms with van der Waals surface area (Å²) in [6.07, 6.45) is -5.56. The van der Waals surface area contributed by atoms with Crippen molar-refractivity contribution in [3.8, 4) is 5.75 Å². The number of phenols is 1. The Balaban J connectivity index is 1.85. The summed E-state index contributed by atoms with van der Waals surface area (Å²) in [7, 11) is 0. The quantitative estimate of drug-likeness (QED) is 0.814. The van der Waals surface area contributed by atoms with Crippen molar-refractivity contribution in [2.45, 2.75) is 24.4 Å². The number of alkyl halides is 3. The zero-order valence-electron chi connectivity index (χ0n) is 13.1. The van der Waals surface area contributed by atoms with E-state index in [2.05, 4.69) is 5.32 Å². The minimum absolute atomic E-state index is 0.00935. The van der Waals surface area contributed by atoms with Gasteiger partial charge < -0.3 is 19.9 Å². The van der Waals surface area contributed by atoms with Gasteiger partial charge in [-0.1, -0.05) is 24.3 Å². The molecule has 3 atom stereocenters. The molecular formula is C18H16F3NO3. The molecule has 7 heteroatoms. The summed E-state index contributed by atoms with van der Waals surface area (Å²) >= 11 is 0. The maximum atomic E-state index is 13.4. The Labute approximate surface area is 142 Å². The second-order valence-corrected chi connectivity index (χ2v) is 6.11. The van der Waals surface area contributed by atoms with Crippen LogP contribution in [-0.4, -0.2) is 24.4 Å². The summed E-state index contributed by atoms with van der Waals surface area (Å²) in [5.41, 5.74) is 0.358. The third-order valence-electron chi connectivity index (χ3n) is 4.56. The summed E-state index contributed by atoms with van der Waals surface area (Å²) in [5.74, 6) is 0.0440. The largest absolute Gasteiger partial charge is 0.508 e. The number of halogens is 3. The molecule has 2 heterocycles. The molecule has 0 bridgehead atoms. The fraction of sp³-hybridized carbons (Fsp3) is 0.333. The van der Waals surface area contributed by atoms with Crippen LogP contribution in [0.3, 0.4) is 0 Å². The van der Waals surface area contributed by atoms with Crippen LogP contribution in [0.25, 0.3) is 0 Å². The molecule has 0 aliphatic carbocycles. The van der Waals surface area contributed by atoms with Crippen LogP contribution in [0.2, 0.25) is 0 Å². The topological polar surface area (TPSA) is 50.7 Å². The van der Waals surface area contributed by atoms with Gasteiger partial charge in [0.25, 0.3) is 0 Å². The van der Waals surface area contributed by atoms with E-state index >= 15 is 0 Å². The highest BCUT2D eigenvalue weighted by Gasteiger charge is 2.45. The van der Waals surface area contributed by atoms with E-state index in [4.69, 9.17) is 9.47 Å². The molecule has 1 fully saturated rings. The van der Waals surface area contributed by atoms with E-state index in [-0.39, 0.29) is 11.4 Å². The highest BCUT2D eigenvalue weighted by molar-refractivity contribution is 5.63. The van der Waals surface area contributed by atoms with E-state index in [0.717, 1.165) is 6.07 Å². The molecule has 0 spiro atoms. The van der Waals surface area contributed by atoms with E-state index in [1.54, 1.807) is 18.2 Å². The minimum Gasteiger partial charge on any atom is -0.508 e.